The molecular formula is C20H22ClN3O5S2. The fraction of sp³-hybridized carbons (Fsp3) is 0.300. The number of thioether (sulfide) groups is 1. The van der Waals surface area contributed by atoms with Crippen LogP contribution in [0.5, 0.6) is 5.75 Å². The van der Waals surface area contributed by atoms with Crippen LogP contribution in [0.4, 0.5) is 5.69 Å². The number of ether oxygens (including phenoxy) is 1. The zero-order valence-corrected chi connectivity index (χ0v) is 19.2. The van der Waals surface area contributed by atoms with Crippen LogP contribution in [0.25, 0.3) is 0 Å². The minimum absolute atomic E-state index is 0.0659. The molecule has 0 bridgehead atoms. The Labute approximate surface area is 190 Å². The van der Waals surface area contributed by atoms with Gasteiger partial charge in [0.1, 0.15) is 11.2 Å². The van der Waals surface area contributed by atoms with Gasteiger partial charge in [-0.15, -0.1) is 11.8 Å². The predicted molar refractivity (Wildman–Crippen MR) is 121 cm³/mol. The molecule has 0 radical (unpaired) electrons. The maximum absolute atomic E-state index is 12.9. The van der Waals surface area contributed by atoms with E-state index in [1.165, 1.54) is 25.3 Å². The highest BCUT2D eigenvalue weighted by atomic mass is 35.5. The van der Waals surface area contributed by atoms with E-state index in [0.29, 0.717) is 11.4 Å². The van der Waals surface area contributed by atoms with Crippen molar-refractivity contribution in [1.29, 1.82) is 0 Å². The molecule has 1 saturated heterocycles. The highest BCUT2D eigenvalue weighted by Gasteiger charge is 2.38. The molecule has 8 nitrogen and oxygen atoms in total. The lowest BCUT2D eigenvalue weighted by molar-refractivity contribution is -0.122. The van der Waals surface area contributed by atoms with E-state index in [0.717, 1.165) is 17.3 Å². The second-order valence-electron chi connectivity index (χ2n) is 6.85. The first-order valence-corrected chi connectivity index (χ1v) is 12.3. The van der Waals surface area contributed by atoms with Gasteiger partial charge in [-0.3, -0.25) is 14.9 Å². The largest absolute Gasteiger partial charge is 0.495 e. The maximum Gasteiger partial charge on any atom is 0.241 e. The number of hydrogen-bond donors (Lipinski definition) is 3. The van der Waals surface area contributed by atoms with Crippen molar-refractivity contribution in [2.75, 3.05) is 24.7 Å². The van der Waals surface area contributed by atoms with Gasteiger partial charge in [0.15, 0.2) is 15.1 Å². The summed E-state index contributed by atoms with van der Waals surface area (Å²) in [5.41, 5.74) is 1.19. The highest BCUT2D eigenvalue weighted by Crippen LogP contribution is 2.29. The van der Waals surface area contributed by atoms with Gasteiger partial charge in [-0.2, -0.15) is 0 Å². The first-order valence-electron chi connectivity index (χ1n) is 9.30. The molecule has 0 saturated carbocycles. The summed E-state index contributed by atoms with van der Waals surface area (Å²) >= 11 is 7.18. The second-order valence-corrected chi connectivity index (χ2v) is 10.5. The molecule has 0 spiro atoms. The lowest BCUT2D eigenvalue weighted by atomic mass is 10.2. The van der Waals surface area contributed by atoms with Crippen LogP contribution in [-0.4, -0.2) is 50.4 Å². The van der Waals surface area contributed by atoms with E-state index in [9.17, 15) is 18.0 Å². The van der Waals surface area contributed by atoms with E-state index in [1.807, 2.05) is 19.1 Å². The van der Waals surface area contributed by atoms with Crippen molar-refractivity contribution in [1.82, 2.24) is 10.6 Å². The summed E-state index contributed by atoms with van der Waals surface area (Å²) < 4.78 is 30.8. The topological polar surface area (TPSA) is 114 Å². The van der Waals surface area contributed by atoms with E-state index in [-0.39, 0.29) is 28.1 Å². The first kappa shape index (κ1) is 23.4. The Bertz CT molecular complexity index is 1080. The van der Waals surface area contributed by atoms with Gasteiger partial charge in [0, 0.05) is 12.2 Å². The molecule has 2 aromatic rings. The number of benzene rings is 2. The number of carbonyl (C=O) groups excluding carboxylic acids is 2. The van der Waals surface area contributed by atoms with Crippen molar-refractivity contribution in [3.8, 4) is 5.75 Å². The van der Waals surface area contributed by atoms with Crippen LogP contribution < -0.4 is 20.7 Å². The van der Waals surface area contributed by atoms with Crippen LogP contribution in [0.15, 0.2) is 47.4 Å². The van der Waals surface area contributed by atoms with E-state index in [1.54, 1.807) is 12.1 Å². The molecule has 2 unspecified atom stereocenters. The number of hydrogen-bond acceptors (Lipinski definition) is 7. The fourth-order valence-corrected chi connectivity index (χ4v) is 5.57. The molecule has 2 amide bonds. The quantitative estimate of drug-likeness (QED) is 0.553. The summed E-state index contributed by atoms with van der Waals surface area (Å²) in [7, 11) is -2.54. The van der Waals surface area contributed by atoms with Crippen LogP contribution in [0.2, 0.25) is 5.02 Å². The number of nitrogens with one attached hydrogen (secondary N) is 3. The molecule has 1 heterocycles. The molecule has 1 aliphatic rings. The van der Waals surface area contributed by atoms with Crippen LogP contribution >= 0.6 is 23.4 Å². The monoisotopic (exact) mass is 483 g/mol. The number of amides is 2. The third-order valence-electron chi connectivity index (χ3n) is 4.60. The lowest BCUT2D eigenvalue weighted by Gasteiger charge is -2.29. The summed E-state index contributed by atoms with van der Waals surface area (Å²) in [6.45, 7) is 1.87. The van der Waals surface area contributed by atoms with Crippen molar-refractivity contribution >= 4 is 50.7 Å². The zero-order valence-electron chi connectivity index (χ0n) is 16.8. The standard InChI is InChI=1S/C20H22ClN3O5S2/c1-12-3-5-13(6-4-12)23-18(25)11-30-20-22-10-17(19(26)24-20)31(27,28)14-7-8-16(29-2)15(21)9-14/h3-9,17,20,22H,10-11H2,1-2H3,(H,23,25)(H,24,26). The third-order valence-corrected chi connectivity index (χ3v) is 7.98. The molecule has 1 fully saturated rings. The molecular weight excluding hydrogens is 462 g/mol. The molecule has 0 aliphatic carbocycles. The fourth-order valence-electron chi connectivity index (χ4n) is 2.91. The predicted octanol–water partition coefficient (Wildman–Crippen LogP) is 2.17. The minimum Gasteiger partial charge on any atom is -0.495 e. The third kappa shape index (κ3) is 5.70. The van der Waals surface area contributed by atoms with E-state index in [4.69, 9.17) is 16.3 Å². The van der Waals surface area contributed by atoms with Gasteiger partial charge >= 0.3 is 0 Å². The van der Waals surface area contributed by atoms with Crippen LogP contribution in [0.3, 0.4) is 0 Å². The SMILES string of the molecule is COc1ccc(S(=O)(=O)C2CNC(SCC(=O)Nc3ccc(C)cc3)NC2=O)cc1Cl. The average molecular weight is 484 g/mol. The Morgan fingerprint density at radius 1 is 1.26 bits per heavy atom. The number of methoxy groups -OCH3 is 1. The van der Waals surface area contributed by atoms with E-state index < -0.39 is 26.5 Å². The molecule has 3 N–H and O–H groups in total. The number of anilines is 1. The van der Waals surface area contributed by atoms with Gasteiger partial charge in [0.2, 0.25) is 11.8 Å². The highest BCUT2D eigenvalue weighted by molar-refractivity contribution is 8.00. The van der Waals surface area contributed by atoms with Gasteiger partial charge in [-0.05, 0) is 37.3 Å². The Morgan fingerprint density at radius 2 is 1.97 bits per heavy atom. The van der Waals surface area contributed by atoms with Crippen molar-refractivity contribution < 1.29 is 22.7 Å². The number of carbonyl (C=O) groups is 2. The Kier molecular flexibility index (Phi) is 7.47. The second kappa shape index (κ2) is 9.90. The number of sulfone groups is 1. The lowest BCUT2D eigenvalue weighted by Crippen LogP contribution is -2.59. The van der Waals surface area contributed by atoms with Gasteiger partial charge < -0.3 is 15.4 Å². The Balaban J connectivity index is 1.56. The van der Waals surface area contributed by atoms with Gasteiger partial charge in [0.25, 0.3) is 0 Å². The molecule has 3 rings (SSSR count). The first-order chi connectivity index (χ1) is 14.7. The molecule has 2 atom stereocenters. The smallest absolute Gasteiger partial charge is 0.241 e. The Morgan fingerprint density at radius 3 is 2.58 bits per heavy atom. The summed E-state index contributed by atoms with van der Waals surface area (Å²) in [5, 5.41) is 7.16. The van der Waals surface area contributed by atoms with E-state index in [2.05, 4.69) is 16.0 Å². The summed E-state index contributed by atoms with van der Waals surface area (Å²) in [5.74, 6) is -0.445. The van der Waals surface area contributed by atoms with Crippen LogP contribution in [0, 0.1) is 6.92 Å². The van der Waals surface area contributed by atoms with Crippen molar-refractivity contribution in [3.63, 3.8) is 0 Å². The van der Waals surface area contributed by atoms with Crippen molar-refractivity contribution in [2.45, 2.75) is 22.6 Å². The summed E-state index contributed by atoms with van der Waals surface area (Å²) in [6.07, 6.45) is 0. The molecule has 31 heavy (non-hydrogen) atoms. The van der Waals surface area contributed by atoms with Gasteiger partial charge in [-0.25, -0.2) is 8.42 Å². The maximum atomic E-state index is 12.9. The number of rotatable bonds is 7. The Hall–Kier alpha value is -2.27. The van der Waals surface area contributed by atoms with E-state index >= 15 is 0 Å². The zero-order chi connectivity index (χ0) is 22.6. The normalized spacial score (nSPS) is 18.9. The minimum atomic E-state index is -3.96. The number of halogens is 1. The average Bonchev–Trinajstić information content (AvgIpc) is 2.73. The van der Waals surface area contributed by atoms with Crippen molar-refractivity contribution in [3.05, 3.63) is 53.1 Å². The summed E-state index contributed by atoms with van der Waals surface area (Å²) in [6, 6.07) is 11.4. The summed E-state index contributed by atoms with van der Waals surface area (Å²) in [4.78, 5) is 24.6. The number of aryl methyl sites for hydroxylation is 1. The van der Waals surface area contributed by atoms with Crippen LogP contribution in [-0.2, 0) is 19.4 Å². The molecule has 2 aromatic carbocycles. The van der Waals surface area contributed by atoms with Gasteiger partial charge in [0.05, 0.1) is 22.8 Å². The van der Waals surface area contributed by atoms with Crippen LogP contribution in [0.1, 0.15) is 5.56 Å². The molecule has 0 aromatic heterocycles. The van der Waals surface area contributed by atoms with Gasteiger partial charge in [-0.1, -0.05) is 29.3 Å². The molecule has 1 aliphatic heterocycles. The molecule has 11 heteroatoms. The van der Waals surface area contributed by atoms with Crippen molar-refractivity contribution in [2.24, 2.45) is 0 Å². The molecule has 166 valence electrons.